The monoisotopic (exact) mass is 591 g/mol. The molecule has 1 aliphatic rings. The molecule has 5 unspecified atom stereocenters. The van der Waals surface area contributed by atoms with E-state index in [0.29, 0.717) is 4.90 Å². The summed E-state index contributed by atoms with van der Waals surface area (Å²) in [6.07, 6.45) is -0.509. The average Bonchev–Trinajstić information content (AvgIpc) is 2.92. The van der Waals surface area contributed by atoms with Crippen LogP contribution in [-0.4, -0.2) is 55.2 Å². The molecule has 0 aromatic carbocycles. The Balaban J connectivity index is -0.00000320. The maximum atomic E-state index is 12.8. The average molecular weight is 592 g/mol. The minimum Gasteiger partial charge on any atom is -0.298 e. The molecular weight excluding hydrogens is 551 g/mol. The van der Waals surface area contributed by atoms with E-state index in [0.717, 1.165) is 0 Å². The van der Waals surface area contributed by atoms with Crippen molar-refractivity contribution < 1.29 is 24.0 Å². The van der Waals surface area contributed by atoms with Crippen molar-refractivity contribution in [2.24, 2.45) is 16.7 Å². The molecule has 0 spiro atoms. The van der Waals surface area contributed by atoms with E-state index in [1.54, 1.807) is 0 Å². The molecule has 0 aromatic rings. The Morgan fingerprint density at radius 3 is 1.62 bits per heavy atom. The number of Topliss-reactive ketones (excluding diaryl/α,β-unsaturated/α-hetero) is 2. The van der Waals surface area contributed by atoms with E-state index in [-0.39, 0.29) is 70.7 Å². The van der Waals surface area contributed by atoms with E-state index in [4.69, 9.17) is 0 Å². The van der Waals surface area contributed by atoms with E-state index >= 15 is 0 Å². The zero-order chi connectivity index (χ0) is 24.5. The molecule has 1 aliphatic heterocycles. The Hall–Kier alpha value is 0.250. The second kappa shape index (κ2) is 14.9. The van der Waals surface area contributed by atoms with Gasteiger partial charge in [-0.3, -0.25) is 24.0 Å². The van der Waals surface area contributed by atoms with Gasteiger partial charge in [-0.05, 0) is 10.8 Å². The Labute approximate surface area is 240 Å². The van der Waals surface area contributed by atoms with Gasteiger partial charge in [0.05, 0.1) is 21.7 Å². The second-order valence-electron chi connectivity index (χ2n) is 10.2. The highest BCUT2D eigenvalue weighted by atomic mass is 32.1. The van der Waals surface area contributed by atoms with Gasteiger partial charge < -0.3 is 0 Å². The van der Waals surface area contributed by atoms with Crippen molar-refractivity contribution in [1.29, 1.82) is 0 Å². The number of rotatable bonds is 8. The summed E-state index contributed by atoms with van der Waals surface area (Å²) in [5.74, 6) is -3.58. The van der Waals surface area contributed by atoms with Crippen molar-refractivity contribution in [1.82, 2.24) is 4.90 Å². The predicted molar refractivity (Wildman–Crippen MR) is 162 cm³/mol. The van der Waals surface area contributed by atoms with Gasteiger partial charge in [-0.25, -0.2) is 4.90 Å². The topological polar surface area (TPSA) is 88.6 Å². The third-order valence-electron chi connectivity index (χ3n) is 5.21. The quantitative estimate of drug-likeness (QED) is 0.254. The summed E-state index contributed by atoms with van der Waals surface area (Å²) in [5, 5.41) is -3.02. The summed E-state index contributed by atoms with van der Waals surface area (Å²) in [6, 6.07) is 0. The highest BCUT2D eigenvalue weighted by Crippen LogP contribution is 2.33. The molecule has 200 valence electrons. The first-order chi connectivity index (χ1) is 13.9. The first-order valence-electron chi connectivity index (χ1n) is 10.1. The molecule has 1 rings (SSSR count). The van der Waals surface area contributed by atoms with Crippen LogP contribution in [-0.2, 0) is 24.0 Å². The standard InChI is InChI=1S/C21H33NO5S4.CH4.2H2S/c1-20(2,3)16(30)11(23)8-13(28)10-7-15(25)22(18(10)26)19(27)14(29)9-12(24)17(31)21(4,5)6;;;/h10,13-14,16-17,28-31H,7-9H2,1-6H3;1H4;2*1H2. The lowest BCUT2D eigenvalue weighted by molar-refractivity contribution is -0.150. The Bertz CT molecular complexity index is 762. The lowest BCUT2D eigenvalue weighted by atomic mass is 9.86. The van der Waals surface area contributed by atoms with Crippen LogP contribution in [0.5, 0.6) is 0 Å². The number of carbonyl (C=O) groups excluding carboxylic acids is 5. The fourth-order valence-corrected chi connectivity index (χ4v) is 4.07. The molecular formula is C22H41NO5S6. The van der Waals surface area contributed by atoms with Gasteiger partial charge >= 0.3 is 0 Å². The number of ketones is 2. The predicted octanol–water partition coefficient (Wildman–Crippen LogP) is 3.95. The van der Waals surface area contributed by atoms with Crippen molar-refractivity contribution in [3.8, 4) is 0 Å². The smallest absolute Gasteiger partial charge is 0.249 e. The number of hydrogen-bond acceptors (Lipinski definition) is 9. The van der Waals surface area contributed by atoms with Crippen LogP contribution in [0, 0.1) is 16.7 Å². The normalized spacial score (nSPS) is 19.7. The van der Waals surface area contributed by atoms with E-state index in [2.05, 4.69) is 50.5 Å². The van der Waals surface area contributed by atoms with Crippen molar-refractivity contribution in [2.45, 2.75) is 89.2 Å². The summed E-state index contributed by atoms with van der Waals surface area (Å²) >= 11 is 17.2. The lowest BCUT2D eigenvalue weighted by Crippen LogP contribution is -2.44. The van der Waals surface area contributed by atoms with Crippen molar-refractivity contribution in [2.75, 3.05) is 0 Å². The number of thiol groups is 4. The van der Waals surface area contributed by atoms with Gasteiger partial charge in [-0.1, -0.05) is 49.0 Å². The molecule has 0 radical (unpaired) electrons. The van der Waals surface area contributed by atoms with Crippen LogP contribution in [0.1, 0.15) is 68.2 Å². The third kappa shape index (κ3) is 9.95. The second-order valence-corrected chi connectivity index (χ2v) is 12.5. The van der Waals surface area contributed by atoms with Crippen LogP contribution < -0.4 is 0 Å². The Kier molecular flexibility index (Phi) is 16.9. The maximum Gasteiger partial charge on any atom is 0.249 e. The maximum absolute atomic E-state index is 12.8. The lowest BCUT2D eigenvalue weighted by Gasteiger charge is -2.27. The Morgan fingerprint density at radius 2 is 1.24 bits per heavy atom. The molecule has 1 fully saturated rings. The molecule has 0 aromatic heterocycles. The molecule has 6 nitrogen and oxygen atoms in total. The van der Waals surface area contributed by atoms with Gasteiger partial charge in [-0.15, -0.1) is 0 Å². The van der Waals surface area contributed by atoms with Gasteiger partial charge in [-0.2, -0.15) is 77.5 Å². The van der Waals surface area contributed by atoms with Gasteiger partial charge in [0.25, 0.3) is 0 Å². The zero-order valence-electron chi connectivity index (χ0n) is 19.8. The number of amides is 3. The van der Waals surface area contributed by atoms with Crippen molar-refractivity contribution in [3.63, 3.8) is 0 Å². The first-order valence-corrected chi connectivity index (χ1v) is 12.1. The highest BCUT2D eigenvalue weighted by Gasteiger charge is 2.47. The van der Waals surface area contributed by atoms with Crippen LogP contribution in [0.4, 0.5) is 0 Å². The number of nitrogens with zero attached hydrogens (tertiary/aromatic N) is 1. The number of imide groups is 3. The molecule has 1 heterocycles. The Morgan fingerprint density at radius 1 is 0.853 bits per heavy atom. The molecule has 0 aliphatic carbocycles. The summed E-state index contributed by atoms with van der Waals surface area (Å²) in [7, 11) is 0. The number of hydrogen-bond donors (Lipinski definition) is 4. The summed E-state index contributed by atoms with van der Waals surface area (Å²) in [4.78, 5) is 63.4. The van der Waals surface area contributed by atoms with E-state index < -0.39 is 50.1 Å². The van der Waals surface area contributed by atoms with Crippen LogP contribution >= 0.6 is 77.5 Å². The highest BCUT2D eigenvalue weighted by molar-refractivity contribution is 7.82. The van der Waals surface area contributed by atoms with Gasteiger partial charge in [0.2, 0.25) is 17.7 Å². The zero-order valence-corrected chi connectivity index (χ0v) is 25.4. The molecule has 0 N–H and O–H groups in total. The summed E-state index contributed by atoms with van der Waals surface area (Å²) in [6.45, 7) is 11.2. The van der Waals surface area contributed by atoms with Gasteiger partial charge in [0, 0.05) is 24.5 Å². The molecule has 0 saturated carbocycles. The third-order valence-corrected chi connectivity index (χ3v) is 8.28. The van der Waals surface area contributed by atoms with E-state index in [1.165, 1.54) is 0 Å². The molecule has 3 amide bonds. The largest absolute Gasteiger partial charge is 0.298 e. The number of carbonyl (C=O) groups is 5. The number of likely N-dealkylation sites (tertiary alicyclic amines) is 1. The molecule has 1 saturated heterocycles. The van der Waals surface area contributed by atoms with Crippen LogP contribution in [0.2, 0.25) is 0 Å². The fraction of sp³-hybridized carbons (Fsp3) is 0.773. The molecule has 12 heteroatoms. The van der Waals surface area contributed by atoms with Gasteiger partial charge in [0.1, 0.15) is 11.6 Å². The first kappa shape index (κ1) is 38.8. The van der Waals surface area contributed by atoms with Gasteiger partial charge in [0.15, 0.2) is 0 Å². The minimum absolute atomic E-state index is 0. The fourth-order valence-electron chi connectivity index (χ4n) is 3.15. The summed E-state index contributed by atoms with van der Waals surface area (Å²) in [5.41, 5.74) is -0.778. The molecule has 0 bridgehead atoms. The van der Waals surface area contributed by atoms with Crippen molar-refractivity contribution in [3.05, 3.63) is 0 Å². The van der Waals surface area contributed by atoms with E-state index in [9.17, 15) is 24.0 Å². The molecule has 5 atom stereocenters. The van der Waals surface area contributed by atoms with E-state index in [1.807, 2.05) is 41.5 Å². The van der Waals surface area contributed by atoms with Crippen LogP contribution in [0.3, 0.4) is 0 Å². The molecule has 34 heavy (non-hydrogen) atoms. The SMILES string of the molecule is C.CC(C)(C)C(S)C(=O)CC(S)C(=O)N1C(=O)CC(C(S)CC(=O)C(S)C(C)(C)C)C1=O.S.S. The van der Waals surface area contributed by atoms with Crippen LogP contribution in [0.15, 0.2) is 0 Å². The van der Waals surface area contributed by atoms with Crippen LogP contribution in [0.25, 0.3) is 0 Å². The summed E-state index contributed by atoms with van der Waals surface area (Å²) < 4.78 is 0. The van der Waals surface area contributed by atoms with Crippen molar-refractivity contribution >= 4 is 107 Å². The minimum atomic E-state index is -1.14.